The molecule has 2 aromatic rings. The first-order chi connectivity index (χ1) is 9.62. The fourth-order valence-corrected chi connectivity index (χ4v) is 2.12. The van der Waals surface area contributed by atoms with Gasteiger partial charge in [0.2, 0.25) is 0 Å². The number of amides is 1. The minimum atomic E-state index is -5.88. The smallest absolute Gasteiger partial charge is 0.375 e. The van der Waals surface area contributed by atoms with Crippen molar-refractivity contribution in [3.05, 3.63) is 42.0 Å². The van der Waals surface area contributed by atoms with Crippen LogP contribution >= 0.6 is 0 Å². The van der Waals surface area contributed by atoms with Gasteiger partial charge in [-0.05, 0) is 22.9 Å². The van der Waals surface area contributed by atoms with Gasteiger partial charge < -0.3 is 9.92 Å². The van der Waals surface area contributed by atoms with Crippen LogP contribution < -0.4 is 9.92 Å². The number of carbonyl (C=O) groups is 1. The maximum absolute atomic E-state index is 12.3. The minimum Gasteiger partial charge on any atom is -0.375 e. The van der Waals surface area contributed by atoms with Crippen molar-refractivity contribution in [3.8, 4) is 5.75 Å². The van der Waals surface area contributed by atoms with Crippen LogP contribution in [0.3, 0.4) is 0 Å². The Bertz CT molecular complexity index is 815. The summed E-state index contributed by atoms with van der Waals surface area (Å²) in [5.41, 5.74) is -1.02. The molecule has 0 radical (unpaired) electrons. The topological polar surface area (TPSA) is 86.5 Å². The molecule has 5 nitrogen and oxygen atoms in total. The Kier molecular flexibility index (Phi) is 3.54. The van der Waals surface area contributed by atoms with Gasteiger partial charge in [0.15, 0.2) is 5.75 Å². The number of carbonyl (C=O) groups excluding carboxylic acids is 1. The second kappa shape index (κ2) is 4.92. The molecule has 2 rings (SSSR count). The number of hydrogen-bond donors (Lipinski definition) is 1. The molecule has 21 heavy (non-hydrogen) atoms. The molecule has 9 heteroatoms. The first-order valence-corrected chi connectivity index (χ1v) is 6.86. The van der Waals surface area contributed by atoms with Gasteiger partial charge in [-0.15, -0.1) is 0 Å². The van der Waals surface area contributed by atoms with Crippen LogP contribution in [0.25, 0.3) is 10.8 Å². The lowest BCUT2D eigenvalue weighted by molar-refractivity contribution is -0.0500. The van der Waals surface area contributed by atoms with Crippen LogP contribution in [0.1, 0.15) is 10.4 Å². The molecular weight excluding hydrogens is 311 g/mol. The van der Waals surface area contributed by atoms with Crippen LogP contribution in [0.4, 0.5) is 13.2 Å². The molecule has 0 aliphatic rings. The zero-order valence-corrected chi connectivity index (χ0v) is 11.0. The molecule has 0 fully saturated rings. The van der Waals surface area contributed by atoms with Crippen molar-refractivity contribution in [3.63, 3.8) is 0 Å². The van der Waals surface area contributed by atoms with E-state index in [1.165, 1.54) is 12.1 Å². The van der Waals surface area contributed by atoms with Crippen molar-refractivity contribution in [2.45, 2.75) is 5.51 Å². The van der Waals surface area contributed by atoms with Crippen LogP contribution in [0.15, 0.2) is 36.4 Å². The van der Waals surface area contributed by atoms with Gasteiger partial charge in [-0.2, -0.15) is 21.6 Å². The molecule has 2 aromatic carbocycles. The Balaban J connectivity index is 2.62. The molecule has 0 saturated heterocycles. The van der Waals surface area contributed by atoms with E-state index in [0.29, 0.717) is 10.8 Å². The highest BCUT2D eigenvalue weighted by molar-refractivity contribution is 7.88. The van der Waals surface area contributed by atoms with Crippen LogP contribution in [0.5, 0.6) is 5.75 Å². The summed E-state index contributed by atoms with van der Waals surface area (Å²) in [5, 5.41) is 0.901. The lowest BCUT2D eigenvalue weighted by Gasteiger charge is -2.12. The average molecular weight is 319 g/mol. The summed E-state index contributed by atoms with van der Waals surface area (Å²) < 4.78 is 63.1. The first kappa shape index (κ1) is 15.1. The van der Waals surface area contributed by atoms with Crippen LogP contribution in [-0.2, 0) is 10.1 Å². The van der Waals surface area contributed by atoms with Crippen molar-refractivity contribution in [1.29, 1.82) is 0 Å². The molecule has 1 amide bonds. The molecule has 0 atom stereocenters. The largest absolute Gasteiger partial charge is 0.534 e. The molecule has 0 aliphatic carbocycles. The molecule has 0 unspecified atom stereocenters. The lowest BCUT2D eigenvalue weighted by atomic mass is 10.1. The van der Waals surface area contributed by atoms with E-state index in [2.05, 4.69) is 4.18 Å². The van der Waals surface area contributed by atoms with Gasteiger partial charge in [0, 0.05) is 0 Å². The van der Waals surface area contributed by atoms with E-state index in [9.17, 15) is 26.4 Å². The van der Waals surface area contributed by atoms with E-state index >= 15 is 0 Å². The van der Waals surface area contributed by atoms with Gasteiger partial charge in [-0.3, -0.25) is 4.79 Å². The lowest BCUT2D eigenvalue weighted by Crippen LogP contribution is -2.29. The SMILES string of the molecule is NC(=O)c1cc2ccccc2cc1OS(=O)(=O)C(F)(F)F. The Hall–Kier alpha value is -2.29. The number of fused-ring (bicyclic) bond motifs is 1. The third-order valence-electron chi connectivity index (χ3n) is 2.60. The van der Waals surface area contributed by atoms with E-state index in [1.54, 1.807) is 18.2 Å². The van der Waals surface area contributed by atoms with Crippen LogP contribution in [0, 0.1) is 0 Å². The summed E-state index contributed by atoms with van der Waals surface area (Å²) in [6.07, 6.45) is 0. The van der Waals surface area contributed by atoms with Crippen molar-refractivity contribution >= 4 is 26.8 Å². The minimum absolute atomic E-state index is 0.398. The second-order valence-corrected chi connectivity index (χ2v) is 5.58. The average Bonchev–Trinajstić information content (AvgIpc) is 2.35. The fraction of sp³-hybridized carbons (Fsp3) is 0.0833. The third-order valence-corrected chi connectivity index (χ3v) is 3.56. The molecule has 0 bridgehead atoms. The zero-order valence-electron chi connectivity index (χ0n) is 10.2. The maximum atomic E-state index is 12.3. The maximum Gasteiger partial charge on any atom is 0.534 e. The molecule has 112 valence electrons. The highest BCUT2D eigenvalue weighted by atomic mass is 32.2. The van der Waals surface area contributed by atoms with Crippen molar-refractivity contribution in [2.24, 2.45) is 5.73 Å². The van der Waals surface area contributed by atoms with Crippen LogP contribution in [-0.4, -0.2) is 19.8 Å². The Morgan fingerprint density at radius 3 is 2.10 bits per heavy atom. The van der Waals surface area contributed by atoms with Crippen molar-refractivity contribution in [1.82, 2.24) is 0 Å². The van der Waals surface area contributed by atoms with Gasteiger partial charge in [0.25, 0.3) is 5.91 Å². The Morgan fingerprint density at radius 1 is 1.10 bits per heavy atom. The van der Waals surface area contributed by atoms with Crippen LogP contribution in [0.2, 0.25) is 0 Å². The Labute approximate surface area is 117 Å². The molecular formula is C12H8F3NO4S. The number of nitrogens with two attached hydrogens (primary N) is 1. The second-order valence-electron chi connectivity index (χ2n) is 4.04. The quantitative estimate of drug-likeness (QED) is 0.694. The first-order valence-electron chi connectivity index (χ1n) is 5.45. The molecule has 2 N–H and O–H groups in total. The number of alkyl halides is 3. The zero-order chi connectivity index (χ0) is 15.8. The Morgan fingerprint density at radius 2 is 1.62 bits per heavy atom. The number of hydrogen-bond acceptors (Lipinski definition) is 4. The van der Waals surface area contributed by atoms with E-state index in [0.717, 1.165) is 6.07 Å². The summed E-state index contributed by atoms with van der Waals surface area (Å²) in [4.78, 5) is 11.3. The summed E-state index contributed by atoms with van der Waals surface area (Å²) in [6, 6.07) is 8.52. The third kappa shape index (κ3) is 2.92. The summed E-state index contributed by atoms with van der Waals surface area (Å²) in [7, 11) is -5.88. The highest BCUT2D eigenvalue weighted by Gasteiger charge is 2.49. The summed E-state index contributed by atoms with van der Waals surface area (Å²) >= 11 is 0. The molecule has 0 spiro atoms. The predicted molar refractivity (Wildman–Crippen MR) is 68.1 cm³/mol. The highest BCUT2D eigenvalue weighted by Crippen LogP contribution is 2.31. The normalized spacial score (nSPS) is 12.3. The van der Waals surface area contributed by atoms with E-state index < -0.39 is 32.8 Å². The van der Waals surface area contributed by atoms with Crippen molar-refractivity contribution < 1.29 is 30.6 Å². The number of benzene rings is 2. The number of halogens is 3. The van der Waals surface area contributed by atoms with Gasteiger partial charge >= 0.3 is 15.6 Å². The molecule has 0 aliphatic heterocycles. The standard InChI is InChI=1S/C12H8F3NO4S/c13-12(14,15)21(18,19)20-10-6-8-4-2-1-3-7(8)5-9(10)11(16)17/h1-6H,(H2,16,17). The van der Waals surface area contributed by atoms with Crippen molar-refractivity contribution in [2.75, 3.05) is 0 Å². The number of primary amides is 1. The van der Waals surface area contributed by atoms with Gasteiger partial charge in [-0.1, -0.05) is 24.3 Å². The van der Waals surface area contributed by atoms with E-state index in [1.807, 2.05) is 0 Å². The van der Waals surface area contributed by atoms with Gasteiger partial charge in [-0.25, -0.2) is 0 Å². The molecule has 0 saturated carbocycles. The van der Waals surface area contributed by atoms with E-state index in [-0.39, 0.29) is 0 Å². The van der Waals surface area contributed by atoms with Gasteiger partial charge in [0.05, 0.1) is 5.56 Å². The molecule has 0 aromatic heterocycles. The van der Waals surface area contributed by atoms with E-state index in [4.69, 9.17) is 5.73 Å². The monoisotopic (exact) mass is 319 g/mol. The predicted octanol–water partition coefficient (Wildman–Crippen LogP) is 2.17. The fourth-order valence-electron chi connectivity index (χ4n) is 1.65. The number of rotatable bonds is 3. The summed E-state index contributed by atoms with van der Waals surface area (Å²) in [5.74, 6) is -1.87. The van der Waals surface area contributed by atoms with Gasteiger partial charge in [0.1, 0.15) is 0 Å². The summed E-state index contributed by atoms with van der Waals surface area (Å²) in [6.45, 7) is 0. The molecule has 0 heterocycles.